The van der Waals surface area contributed by atoms with Crippen LogP contribution in [0, 0.1) is 6.92 Å². The molecule has 1 aliphatic heterocycles. The number of carbonyl (C=O) groups is 1. The smallest absolute Gasteiger partial charge is 0.341 e. The number of piperazine rings is 1. The number of benzene rings is 1. The van der Waals surface area contributed by atoms with Crippen LogP contribution in [-0.2, 0) is 18.3 Å². The number of anilines is 1. The molecule has 0 aliphatic carbocycles. The largest absolute Gasteiger partial charge is 0.462 e. The molecule has 3 aromatic rings. The van der Waals surface area contributed by atoms with Crippen LogP contribution in [0.1, 0.15) is 28.5 Å². The van der Waals surface area contributed by atoms with Crippen LogP contribution in [0.25, 0.3) is 11.0 Å². The van der Waals surface area contributed by atoms with E-state index in [1.54, 1.807) is 10.9 Å². The quantitative estimate of drug-likeness (QED) is 0.581. The maximum absolute atomic E-state index is 12.7. The summed E-state index contributed by atoms with van der Waals surface area (Å²) in [6.07, 6.45) is 1.62. The minimum absolute atomic E-state index is 0.331. The molecular weight excluding hydrogens is 402 g/mol. The average molecular weight is 428 g/mol. The summed E-state index contributed by atoms with van der Waals surface area (Å²) >= 11 is 6.00. The van der Waals surface area contributed by atoms with Gasteiger partial charge in [0.2, 0.25) is 0 Å². The third kappa shape index (κ3) is 4.00. The van der Waals surface area contributed by atoms with Crippen LogP contribution in [0.3, 0.4) is 0 Å². The fourth-order valence-corrected chi connectivity index (χ4v) is 4.18. The number of ether oxygens (including phenoxy) is 1. The summed E-state index contributed by atoms with van der Waals surface area (Å²) in [6.45, 7) is 8.40. The van der Waals surface area contributed by atoms with Crippen LogP contribution in [-0.4, -0.2) is 58.4 Å². The summed E-state index contributed by atoms with van der Waals surface area (Å²) < 4.78 is 7.07. The lowest BCUT2D eigenvalue weighted by Gasteiger charge is -2.37. The van der Waals surface area contributed by atoms with E-state index in [-0.39, 0.29) is 5.97 Å². The molecule has 1 fully saturated rings. The summed E-state index contributed by atoms with van der Waals surface area (Å²) in [5.74, 6) is -0.339. The molecule has 3 heterocycles. The first kappa shape index (κ1) is 20.6. The van der Waals surface area contributed by atoms with E-state index in [1.807, 2.05) is 33.0 Å². The minimum Gasteiger partial charge on any atom is -0.462 e. The molecule has 0 amide bonds. The van der Waals surface area contributed by atoms with Gasteiger partial charge in [-0.05, 0) is 31.5 Å². The molecule has 8 heteroatoms. The van der Waals surface area contributed by atoms with Gasteiger partial charge < -0.3 is 9.64 Å². The zero-order valence-corrected chi connectivity index (χ0v) is 18.3. The predicted octanol–water partition coefficient (Wildman–Crippen LogP) is 3.43. The molecule has 4 rings (SSSR count). The highest BCUT2D eigenvalue weighted by atomic mass is 35.5. The molecule has 0 unspecified atom stereocenters. The number of aryl methyl sites for hydroxylation is 2. The van der Waals surface area contributed by atoms with Crippen molar-refractivity contribution in [1.29, 1.82) is 0 Å². The number of esters is 1. The second kappa shape index (κ2) is 8.62. The van der Waals surface area contributed by atoms with Crippen molar-refractivity contribution in [3.63, 3.8) is 0 Å². The normalized spacial score (nSPS) is 15.0. The van der Waals surface area contributed by atoms with Gasteiger partial charge in [-0.2, -0.15) is 5.10 Å². The standard InChI is InChI=1S/C22H26ClN5O2/c1-4-30-22(29)18-13-24-21-19(15(2)25-26(21)3)20(18)28-11-9-27(10-12-28)14-16-5-7-17(23)8-6-16/h5-8,13H,4,9-12,14H2,1-3H3. The Labute approximate surface area is 181 Å². The maximum Gasteiger partial charge on any atom is 0.341 e. The van der Waals surface area contributed by atoms with Crippen LogP contribution < -0.4 is 4.90 Å². The molecule has 0 atom stereocenters. The Kier molecular flexibility index (Phi) is 5.92. The topological polar surface area (TPSA) is 63.5 Å². The van der Waals surface area contributed by atoms with Gasteiger partial charge in [0.15, 0.2) is 5.65 Å². The Bertz CT molecular complexity index is 1060. The van der Waals surface area contributed by atoms with Gasteiger partial charge in [0.1, 0.15) is 5.56 Å². The Morgan fingerprint density at radius 1 is 1.17 bits per heavy atom. The molecule has 2 aromatic heterocycles. The van der Waals surface area contributed by atoms with Gasteiger partial charge in [0, 0.05) is 51.0 Å². The number of halogens is 1. The molecule has 158 valence electrons. The van der Waals surface area contributed by atoms with Gasteiger partial charge in [0.25, 0.3) is 0 Å². The van der Waals surface area contributed by atoms with E-state index < -0.39 is 0 Å². The van der Waals surface area contributed by atoms with Crippen molar-refractivity contribution >= 4 is 34.3 Å². The SMILES string of the molecule is CCOC(=O)c1cnc2c(c(C)nn2C)c1N1CCN(Cc2ccc(Cl)cc2)CC1. The molecule has 1 aromatic carbocycles. The molecule has 1 aliphatic rings. The highest BCUT2D eigenvalue weighted by Gasteiger charge is 2.27. The monoisotopic (exact) mass is 427 g/mol. The van der Waals surface area contributed by atoms with Crippen molar-refractivity contribution < 1.29 is 9.53 Å². The molecule has 1 saturated heterocycles. The summed E-state index contributed by atoms with van der Waals surface area (Å²) in [4.78, 5) is 21.8. The Morgan fingerprint density at radius 2 is 1.87 bits per heavy atom. The van der Waals surface area contributed by atoms with Crippen LogP contribution in [0.4, 0.5) is 5.69 Å². The average Bonchev–Trinajstić information content (AvgIpc) is 3.03. The van der Waals surface area contributed by atoms with Crippen molar-refractivity contribution in [2.24, 2.45) is 7.05 Å². The summed E-state index contributed by atoms with van der Waals surface area (Å²) in [5, 5.41) is 6.20. The number of fused-ring (bicyclic) bond motifs is 1. The Hall–Kier alpha value is -2.64. The number of pyridine rings is 1. The van der Waals surface area contributed by atoms with E-state index in [1.165, 1.54) is 5.56 Å². The number of hydrogen-bond donors (Lipinski definition) is 0. The van der Waals surface area contributed by atoms with E-state index in [0.717, 1.165) is 60.2 Å². The number of carbonyl (C=O) groups excluding carboxylic acids is 1. The van der Waals surface area contributed by atoms with Crippen molar-refractivity contribution in [3.05, 3.63) is 52.3 Å². The first-order chi connectivity index (χ1) is 14.5. The number of rotatable bonds is 5. The maximum atomic E-state index is 12.7. The molecule has 0 bridgehead atoms. The number of nitrogens with zero attached hydrogens (tertiary/aromatic N) is 5. The van der Waals surface area contributed by atoms with Crippen molar-refractivity contribution in [2.45, 2.75) is 20.4 Å². The zero-order chi connectivity index (χ0) is 21.3. The Morgan fingerprint density at radius 3 is 2.53 bits per heavy atom. The molecular formula is C22H26ClN5O2. The van der Waals surface area contributed by atoms with Crippen LogP contribution in [0.2, 0.25) is 5.02 Å². The third-order valence-corrected chi connectivity index (χ3v) is 5.76. The van der Waals surface area contributed by atoms with Gasteiger partial charge in [-0.1, -0.05) is 23.7 Å². The van der Waals surface area contributed by atoms with E-state index >= 15 is 0 Å². The number of aromatic nitrogens is 3. The molecule has 0 N–H and O–H groups in total. The van der Waals surface area contributed by atoms with Gasteiger partial charge in [-0.15, -0.1) is 0 Å². The van der Waals surface area contributed by atoms with Gasteiger partial charge in [-0.3, -0.25) is 9.58 Å². The van der Waals surface area contributed by atoms with Crippen molar-refractivity contribution in [2.75, 3.05) is 37.7 Å². The molecule has 0 spiro atoms. The molecule has 7 nitrogen and oxygen atoms in total. The zero-order valence-electron chi connectivity index (χ0n) is 17.6. The van der Waals surface area contributed by atoms with Crippen LogP contribution >= 0.6 is 11.6 Å². The fraction of sp³-hybridized carbons (Fsp3) is 0.409. The third-order valence-electron chi connectivity index (χ3n) is 5.50. The lowest BCUT2D eigenvalue weighted by molar-refractivity contribution is 0.0526. The summed E-state index contributed by atoms with van der Waals surface area (Å²) in [7, 11) is 1.88. The first-order valence-electron chi connectivity index (χ1n) is 10.2. The fourth-order valence-electron chi connectivity index (χ4n) is 4.06. The summed E-state index contributed by atoms with van der Waals surface area (Å²) in [6, 6.07) is 7.99. The second-order valence-corrected chi connectivity index (χ2v) is 7.97. The van der Waals surface area contributed by atoms with E-state index in [2.05, 4.69) is 32.0 Å². The number of hydrogen-bond acceptors (Lipinski definition) is 6. The van der Waals surface area contributed by atoms with Crippen LogP contribution in [0.5, 0.6) is 0 Å². The highest BCUT2D eigenvalue weighted by Crippen LogP contribution is 2.33. The van der Waals surface area contributed by atoms with Gasteiger partial charge in [-0.25, -0.2) is 9.78 Å². The molecule has 30 heavy (non-hydrogen) atoms. The molecule has 0 saturated carbocycles. The second-order valence-electron chi connectivity index (χ2n) is 7.54. The predicted molar refractivity (Wildman–Crippen MR) is 118 cm³/mol. The van der Waals surface area contributed by atoms with Crippen LogP contribution in [0.15, 0.2) is 30.5 Å². The van der Waals surface area contributed by atoms with E-state index in [0.29, 0.717) is 12.2 Å². The Balaban J connectivity index is 1.60. The van der Waals surface area contributed by atoms with Crippen molar-refractivity contribution in [3.8, 4) is 0 Å². The molecule has 0 radical (unpaired) electrons. The minimum atomic E-state index is -0.339. The van der Waals surface area contributed by atoms with Gasteiger partial charge in [0.05, 0.1) is 23.4 Å². The highest BCUT2D eigenvalue weighted by molar-refractivity contribution is 6.30. The van der Waals surface area contributed by atoms with E-state index in [4.69, 9.17) is 16.3 Å². The lowest BCUT2D eigenvalue weighted by Crippen LogP contribution is -2.46. The lowest BCUT2D eigenvalue weighted by atomic mass is 10.1. The first-order valence-corrected chi connectivity index (χ1v) is 10.6. The van der Waals surface area contributed by atoms with E-state index in [9.17, 15) is 4.79 Å². The van der Waals surface area contributed by atoms with Gasteiger partial charge >= 0.3 is 5.97 Å². The van der Waals surface area contributed by atoms with Crippen molar-refractivity contribution in [1.82, 2.24) is 19.7 Å². The summed E-state index contributed by atoms with van der Waals surface area (Å²) in [5.41, 5.74) is 4.28.